The van der Waals surface area contributed by atoms with Crippen LogP contribution in [0.5, 0.6) is 11.5 Å². The number of methoxy groups -OCH3 is 2. The molecule has 0 N–H and O–H groups in total. The molecule has 35 heavy (non-hydrogen) atoms. The maximum atomic E-state index is 12.7. The van der Waals surface area contributed by atoms with Crippen LogP contribution < -0.4 is 14.4 Å². The Hall–Kier alpha value is -4.29. The minimum absolute atomic E-state index is 0. The number of carbonyl (C=O) groups is 1. The maximum Gasteiger partial charge on any atom is 0.339 e. The number of nitrogens with zero attached hydrogens (tertiary/aromatic N) is 5. The van der Waals surface area contributed by atoms with Crippen molar-refractivity contribution in [1.82, 2.24) is 14.8 Å². The van der Waals surface area contributed by atoms with Gasteiger partial charge in [0.15, 0.2) is 17.3 Å². The quantitative estimate of drug-likeness (QED) is 0.379. The van der Waals surface area contributed by atoms with E-state index in [1.165, 1.54) is 0 Å². The third kappa shape index (κ3) is 3.88. The summed E-state index contributed by atoms with van der Waals surface area (Å²) in [5.74, 6) is 1.92. The summed E-state index contributed by atoms with van der Waals surface area (Å²) in [6.45, 7) is 0.219. The molecule has 10 heteroatoms. The smallest absolute Gasteiger partial charge is 0.339 e. The number of cyclic esters (lactones) is 1. The first-order valence-corrected chi connectivity index (χ1v) is 10.5. The molecule has 0 spiro atoms. The number of aromatic nitrogens is 3. The van der Waals surface area contributed by atoms with Crippen LogP contribution in [0.25, 0.3) is 21.9 Å². The summed E-state index contributed by atoms with van der Waals surface area (Å²) in [4.78, 5) is 19.0. The van der Waals surface area contributed by atoms with Gasteiger partial charge >= 0.3 is 5.97 Å². The summed E-state index contributed by atoms with van der Waals surface area (Å²) >= 11 is 0. The lowest BCUT2D eigenvalue weighted by molar-refractivity contribution is 0.0535. The van der Waals surface area contributed by atoms with Gasteiger partial charge in [0, 0.05) is 43.2 Å². The number of benzene rings is 2. The summed E-state index contributed by atoms with van der Waals surface area (Å²) in [6, 6.07) is 11.6. The molecule has 2 aromatic heterocycles. The molecule has 0 saturated heterocycles. The minimum Gasteiger partial charge on any atom is -0.493 e. The van der Waals surface area contributed by atoms with Crippen molar-refractivity contribution in [1.29, 1.82) is 5.26 Å². The Morgan fingerprint density at radius 1 is 1.14 bits per heavy atom. The number of anilines is 2. The average molecular weight is 492 g/mol. The van der Waals surface area contributed by atoms with Crippen LogP contribution in [0.4, 0.5) is 11.6 Å². The SMILES string of the molecule is COc1cc2cc3c(c(-c4ccc(N(C)c5nn(C)cc5C#N)nc4)c2cc1OC)C(=O)OC3.Cl. The maximum absolute atomic E-state index is 12.7. The van der Waals surface area contributed by atoms with E-state index in [9.17, 15) is 10.1 Å². The molecule has 0 unspecified atom stereocenters. The largest absolute Gasteiger partial charge is 0.493 e. The highest BCUT2D eigenvalue weighted by Gasteiger charge is 2.28. The molecule has 5 rings (SSSR count). The van der Waals surface area contributed by atoms with Crippen molar-refractivity contribution in [3.05, 3.63) is 59.4 Å². The second-order valence-corrected chi connectivity index (χ2v) is 7.91. The van der Waals surface area contributed by atoms with E-state index in [2.05, 4.69) is 16.2 Å². The molecule has 1 aliphatic rings. The average Bonchev–Trinajstić information content (AvgIpc) is 3.43. The van der Waals surface area contributed by atoms with Crippen molar-refractivity contribution in [3.8, 4) is 28.7 Å². The second kappa shape index (κ2) is 9.16. The number of halogens is 1. The van der Waals surface area contributed by atoms with E-state index in [4.69, 9.17) is 14.2 Å². The van der Waals surface area contributed by atoms with Crippen LogP contribution in [0.15, 0.2) is 42.7 Å². The third-order valence-electron chi connectivity index (χ3n) is 5.92. The molecule has 0 aliphatic carbocycles. The predicted molar refractivity (Wildman–Crippen MR) is 133 cm³/mol. The molecular weight excluding hydrogens is 470 g/mol. The molecule has 0 atom stereocenters. The summed E-state index contributed by atoms with van der Waals surface area (Å²) < 4.78 is 17.9. The Morgan fingerprint density at radius 3 is 2.54 bits per heavy atom. The summed E-state index contributed by atoms with van der Waals surface area (Å²) in [5, 5.41) is 15.5. The fourth-order valence-electron chi connectivity index (χ4n) is 4.29. The fourth-order valence-corrected chi connectivity index (χ4v) is 4.29. The van der Waals surface area contributed by atoms with E-state index >= 15 is 0 Å². The molecule has 3 heterocycles. The summed E-state index contributed by atoms with van der Waals surface area (Å²) in [6.07, 6.45) is 3.37. The van der Waals surface area contributed by atoms with Gasteiger partial charge in [0.1, 0.15) is 24.1 Å². The molecule has 0 amide bonds. The van der Waals surface area contributed by atoms with Gasteiger partial charge in [-0.15, -0.1) is 12.4 Å². The number of hydrogen-bond donors (Lipinski definition) is 0. The lowest BCUT2D eigenvalue weighted by Gasteiger charge is -2.17. The Morgan fingerprint density at radius 2 is 1.89 bits per heavy atom. The number of pyridine rings is 1. The van der Waals surface area contributed by atoms with Gasteiger partial charge in [0.2, 0.25) is 0 Å². The van der Waals surface area contributed by atoms with Crippen LogP contribution in [0.3, 0.4) is 0 Å². The topological polar surface area (TPSA) is 103 Å². The molecule has 9 nitrogen and oxygen atoms in total. The van der Waals surface area contributed by atoms with E-state index in [-0.39, 0.29) is 25.0 Å². The molecule has 4 aromatic rings. The zero-order valence-corrected chi connectivity index (χ0v) is 20.3. The summed E-state index contributed by atoms with van der Waals surface area (Å²) in [7, 11) is 6.72. The van der Waals surface area contributed by atoms with E-state index in [1.54, 1.807) is 50.3 Å². The van der Waals surface area contributed by atoms with Gasteiger partial charge in [-0.1, -0.05) is 0 Å². The molecule has 2 aromatic carbocycles. The van der Waals surface area contributed by atoms with Crippen molar-refractivity contribution in [3.63, 3.8) is 0 Å². The molecule has 0 radical (unpaired) electrons. The van der Waals surface area contributed by atoms with E-state index in [1.807, 2.05) is 30.3 Å². The van der Waals surface area contributed by atoms with Crippen molar-refractivity contribution in [2.24, 2.45) is 7.05 Å². The van der Waals surface area contributed by atoms with E-state index < -0.39 is 0 Å². The number of hydrogen-bond acceptors (Lipinski definition) is 8. The zero-order chi connectivity index (χ0) is 24.0. The first kappa shape index (κ1) is 23.9. The number of ether oxygens (including phenoxy) is 3. The number of esters is 1. The minimum atomic E-state index is -0.366. The second-order valence-electron chi connectivity index (χ2n) is 7.91. The Balaban J connectivity index is 0.00000289. The van der Waals surface area contributed by atoms with Crippen LogP contribution in [-0.4, -0.2) is 42.0 Å². The highest BCUT2D eigenvalue weighted by molar-refractivity contribution is 6.11. The van der Waals surface area contributed by atoms with Gasteiger partial charge in [-0.25, -0.2) is 9.78 Å². The molecule has 0 saturated carbocycles. The van der Waals surface area contributed by atoms with Gasteiger partial charge < -0.3 is 19.1 Å². The Bertz CT molecular complexity index is 1490. The highest BCUT2D eigenvalue weighted by Crippen LogP contribution is 2.42. The first-order valence-electron chi connectivity index (χ1n) is 10.5. The third-order valence-corrected chi connectivity index (χ3v) is 5.92. The standard InChI is InChI=1S/C25H21N5O4.ClH/c1-29-12-17(10-26)24(28-29)30(2)21-6-5-14(11-27-21)22-18-9-20(33-4)19(32-3)8-15(18)7-16-13-34-25(31)23(16)22;/h5-9,11-12H,13H2,1-4H3;1H. The monoisotopic (exact) mass is 491 g/mol. The van der Waals surface area contributed by atoms with Gasteiger partial charge in [0.05, 0.1) is 19.8 Å². The lowest BCUT2D eigenvalue weighted by Crippen LogP contribution is -2.13. The highest BCUT2D eigenvalue weighted by atomic mass is 35.5. The van der Waals surface area contributed by atoms with Gasteiger partial charge in [-0.3, -0.25) is 4.68 Å². The Labute approximate surface area is 207 Å². The van der Waals surface area contributed by atoms with Crippen LogP contribution >= 0.6 is 12.4 Å². The van der Waals surface area contributed by atoms with E-state index in [0.717, 1.165) is 27.5 Å². The Kier molecular flexibility index (Phi) is 6.24. The number of rotatable bonds is 5. The van der Waals surface area contributed by atoms with Crippen molar-refractivity contribution in [2.45, 2.75) is 6.61 Å². The van der Waals surface area contributed by atoms with Gasteiger partial charge in [-0.05, 0) is 41.1 Å². The molecule has 0 bridgehead atoms. The van der Waals surface area contributed by atoms with Gasteiger partial charge in [0.25, 0.3) is 0 Å². The predicted octanol–water partition coefficient (Wildman–Crippen LogP) is 4.38. The molecule has 178 valence electrons. The fraction of sp³-hybridized carbons (Fsp3) is 0.200. The molecule has 0 fully saturated rings. The lowest BCUT2D eigenvalue weighted by atomic mass is 9.91. The van der Waals surface area contributed by atoms with Crippen molar-refractivity contribution < 1.29 is 19.0 Å². The number of carbonyl (C=O) groups excluding carboxylic acids is 1. The van der Waals surface area contributed by atoms with Crippen LogP contribution in [-0.2, 0) is 18.4 Å². The zero-order valence-electron chi connectivity index (χ0n) is 19.5. The molecule has 1 aliphatic heterocycles. The van der Waals surface area contributed by atoms with E-state index in [0.29, 0.717) is 34.3 Å². The summed E-state index contributed by atoms with van der Waals surface area (Å²) in [5.41, 5.74) is 3.28. The van der Waals surface area contributed by atoms with Crippen molar-refractivity contribution >= 4 is 40.8 Å². The van der Waals surface area contributed by atoms with Crippen molar-refractivity contribution in [2.75, 3.05) is 26.2 Å². The molecular formula is C25H22ClN5O4. The van der Waals surface area contributed by atoms with Gasteiger partial charge in [-0.2, -0.15) is 10.4 Å². The number of nitriles is 1. The van der Waals surface area contributed by atoms with Crippen LogP contribution in [0.2, 0.25) is 0 Å². The van der Waals surface area contributed by atoms with Crippen LogP contribution in [0.1, 0.15) is 21.5 Å². The number of fused-ring (bicyclic) bond motifs is 2. The van der Waals surface area contributed by atoms with Crippen LogP contribution in [0, 0.1) is 11.3 Å². The normalized spacial score (nSPS) is 11.9. The number of aryl methyl sites for hydroxylation is 1. The first-order chi connectivity index (χ1) is 16.4.